The van der Waals surface area contributed by atoms with Gasteiger partial charge in [-0.15, -0.1) is 0 Å². The van der Waals surface area contributed by atoms with Crippen LogP contribution in [0.3, 0.4) is 0 Å². The van der Waals surface area contributed by atoms with Crippen LogP contribution in [-0.2, 0) is 9.59 Å². The van der Waals surface area contributed by atoms with Crippen molar-refractivity contribution in [3.63, 3.8) is 0 Å². The lowest BCUT2D eigenvalue weighted by Gasteiger charge is -2.28. The SMILES string of the molecule is NC1(C(=O)N2CCC(CCC(=O)O)C2)CCCC1. The summed E-state index contributed by atoms with van der Waals surface area (Å²) in [7, 11) is 0. The number of carboxylic acids is 1. The van der Waals surface area contributed by atoms with Gasteiger partial charge in [0, 0.05) is 19.5 Å². The number of amides is 1. The molecule has 102 valence electrons. The van der Waals surface area contributed by atoms with Crippen molar-refractivity contribution in [1.29, 1.82) is 0 Å². The van der Waals surface area contributed by atoms with E-state index < -0.39 is 11.5 Å². The van der Waals surface area contributed by atoms with Crippen LogP contribution in [0.15, 0.2) is 0 Å². The molecule has 0 bridgehead atoms. The minimum Gasteiger partial charge on any atom is -0.481 e. The van der Waals surface area contributed by atoms with E-state index >= 15 is 0 Å². The van der Waals surface area contributed by atoms with Crippen LogP contribution in [0.4, 0.5) is 0 Å². The van der Waals surface area contributed by atoms with Crippen LogP contribution >= 0.6 is 0 Å². The van der Waals surface area contributed by atoms with Gasteiger partial charge < -0.3 is 15.7 Å². The van der Waals surface area contributed by atoms with E-state index in [1.54, 1.807) is 0 Å². The molecule has 0 spiro atoms. The summed E-state index contributed by atoms with van der Waals surface area (Å²) >= 11 is 0. The molecule has 0 aromatic carbocycles. The van der Waals surface area contributed by atoms with E-state index in [1.807, 2.05) is 4.90 Å². The van der Waals surface area contributed by atoms with Gasteiger partial charge in [-0.05, 0) is 31.6 Å². The Hall–Kier alpha value is -1.10. The summed E-state index contributed by atoms with van der Waals surface area (Å²) in [5.41, 5.74) is 5.53. The molecule has 1 aliphatic carbocycles. The predicted molar refractivity (Wildman–Crippen MR) is 66.9 cm³/mol. The van der Waals surface area contributed by atoms with E-state index in [0.29, 0.717) is 18.9 Å². The van der Waals surface area contributed by atoms with E-state index in [1.165, 1.54) is 0 Å². The molecule has 5 nitrogen and oxygen atoms in total. The van der Waals surface area contributed by atoms with Crippen molar-refractivity contribution < 1.29 is 14.7 Å². The second kappa shape index (κ2) is 5.26. The third-order valence-electron chi connectivity index (χ3n) is 4.26. The van der Waals surface area contributed by atoms with Crippen molar-refractivity contribution in [3.8, 4) is 0 Å². The third-order valence-corrected chi connectivity index (χ3v) is 4.26. The lowest BCUT2D eigenvalue weighted by atomic mass is 9.97. The quantitative estimate of drug-likeness (QED) is 0.783. The molecule has 1 atom stereocenters. The molecule has 3 N–H and O–H groups in total. The lowest BCUT2D eigenvalue weighted by molar-refractivity contribution is -0.137. The highest BCUT2D eigenvalue weighted by Gasteiger charge is 2.41. The molecule has 1 amide bonds. The zero-order valence-corrected chi connectivity index (χ0v) is 10.7. The standard InChI is InChI=1S/C13H22N2O3/c14-13(6-1-2-7-13)12(18)15-8-5-10(9-15)3-4-11(16)17/h10H,1-9,14H2,(H,16,17). The predicted octanol–water partition coefficient (Wildman–Crippen LogP) is 0.971. The third kappa shape index (κ3) is 2.83. The first-order chi connectivity index (χ1) is 8.51. The van der Waals surface area contributed by atoms with Crippen LogP contribution in [0.2, 0.25) is 0 Å². The molecule has 2 aliphatic rings. The highest BCUT2D eigenvalue weighted by atomic mass is 16.4. The fourth-order valence-corrected chi connectivity index (χ4v) is 3.11. The van der Waals surface area contributed by atoms with Crippen LogP contribution in [0.25, 0.3) is 0 Å². The molecule has 2 fully saturated rings. The number of rotatable bonds is 4. The van der Waals surface area contributed by atoms with E-state index in [2.05, 4.69) is 0 Å². The second-order valence-corrected chi connectivity index (χ2v) is 5.70. The Kier molecular flexibility index (Phi) is 3.90. The number of likely N-dealkylation sites (tertiary alicyclic amines) is 1. The van der Waals surface area contributed by atoms with Crippen molar-refractivity contribution >= 4 is 11.9 Å². The molecule has 0 radical (unpaired) electrons. The molecule has 1 heterocycles. The minimum atomic E-state index is -0.758. The average molecular weight is 254 g/mol. The fourth-order valence-electron chi connectivity index (χ4n) is 3.11. The summed E-state index contributed by atoms with van der Waals surface area (Å²) in [6.07, 6.45) is 5.44. The maximum Gasteiger partial charge on any atom is 0.303 e. The van der Waals surface area contributed by atoms with Gasteiger partial charge in [-0.3, -0.25) is 9.59 Å². The molecule has 5 heteroatoms. The van der Waals surface area contributed by atoms with Crippen LogP contribution in [-0.4, -0.2) is 40.5 Å². The van der Waals surface area contributed by atoms with Crippen molar-refractivity contribution in [2.24, 2.45) is 11.7 Å². The Bertz CT molecular complexity index is 337. The molecular weight excluding hydrogens is 232 g/mol. The monoisotopic (exact) mass is 254 g/mol. The van der Waals surface area contributed by atoms with Gasteiger partial charge in [0.05, 0.1) is 5.54 Å². The molecule has 1 unspecified atom stereocenters. The fraction of sp³-hybridized carbons (Fsp3) is 0.846. The number of carbonyl (C=O) groups excluding carboxylic acids is 1. The second-order valence-electron chi connectivity index (χ2n) is 5.70. The summed E-state index contributed by atoms with van der Waals surface area (Å²) in [4.78, 5) is 24.7. The first-order valence-electron chi connectivity index (χ1n) is 6.81. The molecule has 0 aromatic heterocycles. The molecule has 18 heavy (non-hydrogen) atoms. The smallest absolute Gasteiger partial charge is 0.303 e. The van der Waals surface area contributed by atoms with Gasteiger partial charge in [0.1, 0.15) is 0 Å². The van der Waals surface area contributed by atoms with Gasteiger partial charge in [0.2, 0.25) is 5.91 Å². The summed E-state index contributed by atoms with van der Waals surface area (Å²) in [5, 5.41) is 8.66. The van der Waals surface area contributed by atoms with Gasteiger partial charge in [-0.2, -0.15) is 0 Å². The summed E-state index contributed by atoms with van der Waals surface area (Å²) in [6, 6.07) is 0. The Labute approximate surface area is 107 Å². The maximum absolute atomic E-state index is 12.3. The van der Waals surface area contributed by atoms with Gasteiger partial charge in [-0.25, -0.2) is 0 Å². The van der Waals surface area contributed by atoms with E-state index in [9.17, 15) is 9.59 Å². The Morgan fingerprint density at radius 1 is 1.33 bits per heavy atom. The lowest BCUT2D eigenvalue weighted by Crippen LogP contribution is -2.52. The number of carboxylic acid groups (broad SMARTS) is 1. The van der Waals surface area contributed by atoms with Gasteiger partial charge in [-0.1, -0.05) is 12.8 Å². The molecule has 2 rings (SSSR count). The molecule has 1 aliphatic heterocycles. The number of nitrogens with zero attached hydrogens (tertiary/aromatic N) is 1. The van der Waals surface area contributed by atoms with E-state index in [4.69, 9.17) is 10.8 Å². The topological polar surface area (TPSA) is 83.6 Å². The zero-order valence-electron chi connectivity index (χ0n) is 10.7. The van der Waals surface area contributed by atoms with Gasteiger partial charge in [0.25, 0.3) is 0 Å². The normalized spacial score (nSPS) is 26.5. The van der Waals surface area contributed by atoms with E-state index in [-0.39, 0.29) is 12.3 Å². The van der Waals surface area contributed by atoms with Crippen LogP contribution in [0.1, 0.15) is 44.9 Å². The first kappa shape index (κ1) is 13.3. The Balaban J connectivity index is 1.84. The van der Waals surface area contributed by atoms with Gasteiger partial charge in [0.15, 0.2) is 0 Å². The average Bonchev–Trinajstić information content (AvgIpc) is 2.95. The van der Waals surface area contributed by atoms with Crippen molar-refractivity contribution in [2.45, 2.75) is 50.5 Å². The van der Waals surface area contributed by atoms with Gasteiger partial charge >= 0.3 is 5.97 Å². The van der Waals surface area contributed by atoms with Crippen molar-refractivity contribution in [2.75, 3.05) is 13.1 Å². The summed E-state index contributed by atoms with van der Waals surface area (Å²) < 4.78 is 0. The highest BCUT2D eigenvalue weighted by Crippen LogP contribution is 2.31. The molecule has 1 saturated heterocycles. The van der Waals surface area contributed by atoms with Crippen LogP contribution in [0.5, 0.6) is 0 Å². The Morgan fingerprint density at radius 3 is 2.61 bits per heavy atom. The van der Waals surface area contributed by atoms with Crippen molar-refractivity contribution in [3.05, 3.63) is 0 Å². The molecule has 0 aromatic rings. The highest BCUT2D eigenvalue weighted by molar-refractivity contribution is 5.86. The van der Waals surface area contributed by atoms with Crippen molar-refractivity contribution in [1.82, 2.24) is 4.90 Å². The molecular formula is C13H22N2O3. The maximum atomic E-state index is 12.3. The number of hydrogen-bond acceptors (Lipinski definition) is 3. The number of hydrogen-bond donors (Lipinski definition) is 2. The summed E-state index contributed by atoms with van der Waals surface area (Å²) in [6.45, 7) is 1.42. The summed E-state index contributed by atoms with van der Waals surface area (Å²) in [5.74, 6) is -0.348. The number of aliphatic carboxylic acids is 1. The minimum absolute atomic E-state index is 0.0813. The Morgan fingerprint density at radius 2 is 2.00 bits per heavy atom. The van der Waals surface area contributed by atoms with Crippen LogP contribution in [0, 0.1) is 5.92 Å². The first-order valence-corrected chi connectivity index (χ1v) is 6.81. The number of nitrogens with two attached hydrogens (primary N) is 1. The van der Waals surface area contributed by atoms with Crippen LogP contribution < -0.4 is 5.73 Å². The molecule has 1 saturated carbocycles. The zero-order chi connectivity index (χ0) is 13.2. The number of carbonyl (C=O) groups is 2. The van der Waals surface area contributed by atoms with E-state index in [0.717, 1.165) is 38.6 Å². The largest absolute Gasteiger partial charge is 0.481 e.